The minimum absolute atomic E-state index is 0.225. The first-order valence-electron chi connectivity index (χ1n) is 7.32. The lowest BCUT2D eigenvalue weighted by Crippen LogP contribution is -2.34. The van der Waals surface area contributed by atoms with E-state index in [0.29, 0.717) is 5.69 Å². The zero-order chi connectivity index (χ0) is 16.8. The van der Waals surface area contributed by atoms with E-state index < -0.39 is 0 Å². The van der Waals surface area contributed by atoms with Crippen molar-refractivity contribution >= 4 is 40.9 Å². The van der Waals surface area contributed by atoms with Crippen molar-refractivity contribution in [1.82, 2.24) is 0 Å². The Morgan fingerprint density at radius 3 is 2.22 bits per heavy atom. The first-order chi connectivity index (χ1) is 11.1. The molecule has 4 nitrogen and oxygen atoms in total. The van der Waals surface area contributed by atoms with Crippen molar-refractivity contribution in [3.63, 3.8) is 0 Å². The molecule has 122 valence electrons. The van der Waals surface area contributed by atoms with Gasteiger partial charge in [-0.2, -0.15) is 0 Å². The second kappa shape index (κ2) is 8.26. The number of thioether (sulfide) groups is 2. The topological polar surface area (TPSA) is 46.6 Å². The Kier molecular flexibility index (Phi) is 6.36. The Bertz CT molecular complexity index is 642. The van der Waals surface area contributed by atoms with Crippen LogP contribution in [-0.2, 0) is 9.59 Å². The average Bonchev–Trinajstić information content (AvgIpc) is 2.55. The van der Waals surface area contributed by atoms with Gasteiger partial charge < -0.3 is 4.74 Å². The van der Waals surface area contributed by atoms with Gasteiger partial charge in [-0.1, -0.05) is 13.8 Å². The van der Waals surface area contributed by atoms with Gasteiger partial charge in [0.2, 0.25) is 0 Å². The fourth-order valence-electron chi connectivity index (χ4n) is 2.10. The molecule has 0 bridgehead atoms. The summed E-state index contributed by atoms with van der Waals surface area (Å²) in [6.07, 6.45) is 2.98. The zero-order valence-electron chi connectivity index (χ0n) is 13.4. The van der Waals surface area contributed by atoms with E-state index >= 15 is 0 Å². The van der Waals surface area contributed by atoms with E-state index in [2.05, 4.69) is 0 Å². The number of rotatable bonds is 6. The third-order valence-electron chi connectivity index (χ3n) is 3.16. The van der Waals surface area contributed by atoms with Crippen LogP contribution in [0, 0.1) is 0 Å². The summed E-state index contributed by atoms with van der Waals surface area (Å²) in [5.41, 5.74) is 0.974. The van der Waals surface area contributed by atoms with Crippen LogP contribution >= 0.6 is 23.5 Å². The van der Waals surface area contributed by atoms with E-state index in [1.54, 1.807) is 31.4 Å². The van der Waals surface area contributed by atoms with Crippen molar-refractivity contribution in [2.75, 3.05) is 23.5 Å². The van der Waals surface area contributed by atoms with Crippen LogP contribution in [0.3, 0.4) is 0 Å². The SMILES string of the molecule is CCSC(SCC)=C1C(=O)C=CN(c2ccc(OC)cc2)C1=O. The van der Waals surface area contributed by atoms with E-state index in [1.807, 2.05) is 13.8 Å². The molecule has 0 aromatic heterocycles. The molecular weight excluding hydrogens is 330 g/mol. The van der Waals surface area contributed by atoms with Gasteiger partial charge in [-0.25, -0.2) is 0 Å². The third kappa shape index (κ3) is 4.00. The lowest BCUT2D eigenvalue weighted by molar-refractivity contribution is -0.119. The molecule has 0 atom stereocenters. The van der Waals surface area contributed by atoms with Crippen molar-refractivity contribution < 1.29 is 14.3 Å². The first kappa shape index (κ1) is 17.7. The fourth-order valence-corrected chi connectivity index (χ4v) is 4.33. The van der Waals surface area contributed by atoms with Crippen LogP contribution in [0.25, 0.3) is 0 Å². The number of benzene rings is 1. The molecule has 0 fully saturated rings. The predicted octanol–water partition coefficient (Wildman–Crippen LogP) is 3.84. The third-order valence-corrected chi connectivity index (χ3v) is 5.38. The lowest BCUT2D eigenvalue weighted by Gasteiger charge is -2.24. The largest absolute Gasteiger partial charge is 0.497 e. The van der Waals surface area contributed by atoms with Crippen LogP contribution in [0.4, 0.5) is 5.69 Å². The fraction of sp³-hybridized carbons (Fsp3) is 0.294. The highest BCUT2D eigenvalue weighted by atomic mass is 32.2. The molecule has 1 aliphatic rings. The van der Waals surface area contributed by atoms with Gasteiger partial charge in [0.1, 0.15) is 11.3 Å². The molecule has 2 rings (SSSR count). The molecule has 0 radical (unpaired) electrons. The number of ether oxygens (including phenoxy) is 1. The Morgan fingerprint density at radius 1 is 1.09 bits per heavy atom. The average molecular weight is 349 g/mol. The van der Waals surface area contributed by atoms with E-state index in [-0.39, 0.29) is 17.3 Å². The number of anilines is 1. The second-order valence-corrected chi connectivity index (χ2v) is 7.39. The summed E-state index contributed by atoms with van der Waals surface area (Å²) >= 11 is 3.08. The Labute approximate surface area is 145 Å². The number of hydrogen-bond acceptors (Lipinski definition) is 5. The van der Waals surface area contributed by atoms with E-state index in [1.165, 1.54) is 40.7 Å². The highest BCUT2D eigenvalue weighted by molar-refractivity contribution is 8.22. The number of hydrogen-bond donors (Lipinski definition) is 0. The molecule has 23 heavy (non-hydrogen) atoms. The molecule has 1 amide bonds. The lowest BCUT2D eigenvalue weighted by atomic mass is 10.1. The number of methoxy groups -OCH3 is 1. The smallest absolute Gasteiger partial charge is 0.268 e. The van der Waals surface area contributed by atoms with E-state index in [9.17, 15) is 9.59 Å². The van der Waals surface area contributed by atoms with Gasteiger partial charge in [0.15, 0.2) is 5.78 Å². The summed E-state index contributed by atoms with van der Waals surface area (Å²) in [7, 11) is 1.59. The first-order valence-corrected chi connectivity index (χ1v) is 9.29. The number of carbonyl (C=O) groups is 2. The van der Waals surface area contributed by atoms with Crippen molar-refractivity contribution in [3.8, 4) is 5.75 Å². The molecule has 0 unspecified atom stereocenters. The summed E-state index contributed by atoms with van der Waals surface area (Å²) in [5, 5.41) is 0. The molecule has 0 aliphatic carbocycles. The molecule has 0 N–H and O–H groups in total. The van der Waals surface area contributed by atoms with E-state index in [0.717, 1.165) is 21.5 Å². The molecule has 1 heterocycles. The summed E-state index contributed by atoms with van der Waals surface area (Å²) in [6, 6.07) is 7.18. The van der Waals surface area contributed by atoms with Crippen LogP contribution in [0.15, 0.2) is 46.4 Å². The van der Waals surface area contributed by atoms with Crippen LogP contribution in [0.2, 0.25) is 0 Å². The summed E-state index contributed by atoms with van der Waals surface area (Å²) in [4.78, 5) is 26.6. The Morgan fingerprint density at radius 2 is 1.70 bits per heavy atom. The summed E-state index contributed by atoms with van der Waals surface area (Å²) < 4.78 is 5.93. The zero-order valence-corrected chi connectivity index (χ0v) is 15.0. The van der Waals surface area contributed by atoms with Crippen molar-refractivity contribution in [2.45, 2.75) is 13.8 Å². The molecule has 1 aliphatic heterocycles. The van der Waals surface area contributed by atoms with Crippen LogP contribution < -0.4 is 9.64 Å². The molecule has 0 spiro atoms. The number of allylic oxidation sites excluding steroid dienone is 1. The summed E-state index contributed by atoms with van der Waals surface area (Å²) in [6.45, 7) is 4.02. The molecule has 0 saturated heterocycles. The van der Waals surface area contributed by atoms with Gasteiger partial charge in [-0.05, 0) is 35.8 Å². The maximum Gasteiger partial charge on any atom is 0.268 e. The number of nitrogens with zero attached hydrogens (tertiary/aromatic N) is 1. The van der Waals surface area contributed by atoms with Gasteiger partial charge in [0.05, 0.1) is 11.3 Å². The molecule has 1 aromatic rings. The number of carbonyl (C=O) groups excluding carboxylic acids is 2. The van der Waals surface area contributed by atoms with Crippen molar-refractivity contribution in [3.05, 3.63) is 46.4 Å². The van der Waals surface area contributed by atoms with Crippen LogP contribution in [0.1, 0.15) is 13.8 Å². The minimum Gasteiger partial charge on any atom is -0.497 e. The van der Waals surface area contributed by atoms with Crippen LogP contribution in [-0.4, -0.2) is 30.3 Å². The Balaban J connectivity index is 2.40. The predicted molar refractivity (Wildman–Crippen MR) is 97.9 cm³/mol. The quantitative estimate of drug-likeness (QED) is 0.577. The van der Waals surface area contributed by atoms with Crippen molar-refractivity contribution in [1.29, 1.82) is 0 Å². The normalized spacial score (nSPS) is 14.4. The van der Waals surface area contributed by atoms with Crippen LogP contribution in [0.5, 0.6) is 5.75 Å². The standard InChI is InChI=1S/C17H19NO3S2/c1-4-22-17(23-5-2)15-14(19)10-11-18(16(15)20)12-6-8-13(21-3)9-7-12/h6-11H,4-5H2,1-3H3. The van der Waals surface area contributed by atoms with Gasteiger partial charge in [0.25, 0.3) is 5.91 Å². The molecule has 0 saturated carbocycles. The second-order valence-electron chi connectivity index (χ2n) is 4.58. The molecule has 1 aromatic carbocycles. The van der Waals surface area contributed by atoms with Gasteiger partial charge in [0, 0.05) is 18.0 Å². The van der Waals surface area contributed by atoms with Gasteiger partial charge in [-0.3, -0.25) is 14.5 Å². The maximum absolute atomic E-state index is 12.8. The minimum atomic E-state index is -0.278. The number of amides is 1. The van der Waals surface area contributed by atoms with E-state index in [4.69, 9.17) is 4.74 Å². The Hall–Kier alpha value is -1.66. The highest BCUT2D eigenvalue weighted by Crippen LogP contribution is 2.35. The monoisotopic (exact) mass is 349 g/mol. The van der Waals surface area contributed by atoms with Gasteiger partial charge >= 0.3 is 0 Å². The van der Waals surface area contributed by atoms with Crippen molar-refractivity contribution in [2.24, 2.45) is 0 Å². The maximum atomic E-state index is 12.8. The van der Waals surface area contributed by atoms with Gasteiger partial charge in [-0.15, -0.1) is 23.5 Å². The molecular formula is C17H19NO3S2. The highest BCUT2D eigenvalue weighted by Gasteiger charge is 2.30. The summed E-state index contributed by atoms with van der Waals surface area (Å²) in [5.74, 6) is 1.85. The number of ketones is 1. The molecule has 6 heteroatoms.